The molecule has 0 radical (unpaired) electrons. The maximum Gasteiger partial charge on any atom is 0.201 e. The van der Waals surface area contributed by atoms with Crippen LogP contribution in [0.2, 0.25) is 0 Å². The minimum Gasteiger partial charge on any atom is -0.366 e. The molecular formula is C18H26N8. The molecule has 0 saturated carbocycles. The van der Waals surface area contributed by atoms with Crippen LogP contribution < -0.4 is 10.6 Å². The van der Waals surface area contributed by atoms with Gasteiger partial charge in [-0.25, -0.2) is 0 Å². The lowest BCUT2D eigenvalue weighted by molar-refractivity contribution is 0.661. The summed E-state index contributed by atoms with van der Waals surface area (Å²) in [5.41, 5.74) is 2.34. The summed E-state index contributed by atoms with van der Waals surface area (Å²) in [4.78, 5) is 0. The van der Waals surface area contributed by atoms with Gasteiger partial charge >= 0.3 is 0 Å². The van der Waals surface area contributed by atoms with Gasteiger partial charge in [0.1, 0.15) is 5.82 Å². The zero-order valence-electron chi connectivity index (χ0n) is 16.0. The quantitative estimate of drug-likeness (QED) is 0.668. The molecule has 0 saturated heterocycles. The van der Waals surface area contributed by atoms with Crippen LogP contribution in [0.5, 0.6) is 0 Å². The largest absolute Gasteiger partial charge is 0.366 e. The van der Waals surface area contributed by atoms with Crippen molar-refractivity contribution in [2.45, 2.75) is 59.4 Å². The van der Waals surface area contributed by atoms with Crippen LogP contribution in [-0.4, -0.2) is 36.1 Å². The molecule has 3 heterocycles. The second kappa shape index (κ2) is 7.63. The molecule has 3 rings (SSSR count). The monoisotopic (exact) mass is 354 g/mol. The van der Waals surface area contributed by atoms with Crippen LogP contribution in [0.3, 0.4) is 0 Å². The molecule has 0 atom stereocenters. The minimum atomic E-state index is 0.216. The molecule has 8 nitrogen and oxygen atoms in total. The van der Waals surface area contributed by atoms with Crippen molar-refractivity contribution in [2.24, 2.45) is 0 Å². The highest BCUT2D eigenvalue weighted by molar-refractivity contribution is 5.74. The van der Waals surface area contributed by atoms with Crippen molar-refractivity contribution in [2.75, 3.05) is 10.6 Å². The Kier molecular flexibility index (Phi) is 5.29. The van der Waals surface area contributed by atoms with E-state index in [-0.39, 0.29) is 5.92 Å². The van der Waals surface area contributed by atoms with Crippen molar-refractivity contribution < 1.29 is 0 Å². The highest BCUT2D eigenvalue weighted by Gasteiger charge is 2.17. The Morgan fingerprint density at radius 2 is 1.77 bits per heavy atom. The van der Waals surface area contributed by atoms with E-state index in [4.69, 9.17) is 5.10 Å². The number of nitrogens with zero attached hydrogens (tertiary/aromatic N) is 6. The molecule has 3 aromatic heterocycles. The summed E-state index contributed by atoms with van der Waals surface area (Å²) in [6, 6.07) is 6.13. The number of nitrogens with one attached hydrogen (secondary N) is 2. The fourth-order valence-electron chi connectivity index (χ4n) is 2.72. The van der Waals surface area contributed by atoms with E-state index < -0.39 is 0 Å². The van der Waals surface area contributed by atoms with Crippen LogP contribution in [-0.2, 0) is 0 Å². The van der Waals surface area contributed by atoms with Gasteiger partial charge in [-0.3, -0.25) is 0 Å². The number of aromatic nitrogens is 6. The molecule has 0 bridgehead atoms. The molecule has 26 heavy (non-hydrogen) atoms. The van der Waals surface area contributed by atoms with Crippen molar-refractivity contribution in [1.29, 1.82) is 0 Å². The molecule has 0 aliphatic heterocycles. The predicted molar refractivity (Wildman–Crippen MR) is 103 cm³/mol. The van der Waals surface area contributed by atoms with Gasteiger partial charge in [0, 0.05) is 18.0 Å². The van der Waals surface area contributed by atoms with Gasteiger partial charge in [0.25, 0.3) is 0 Å². The molecule has 0 aliphatic carbocycles. The van der Waals surface area contributed by atoms with Crippen molar-refractivity contribution in [3.63, 3.8) is 0 Å². The lowest BCUT2D eigenvalue weighted by Crippen LogP contribution is -2.19. The molecule has 0 unspecified atom stereocenters. The number of aryl methyl sites for hydroxylation is 1. The smallest absolute Gasteiger partial charge is 0.201 e. The van der Waals surface area contributed by atoms with E-state index in [1.54, 1.807) is 4.52 Å². The highest BCUT2D eigenvalue weighted by atomic mass is 15.4. The third-order valence-electron chi connectivity index (χ3n) is 4.31. The maximum absolute atomic E-state index is 4.71. The Bertz CT molecular complexity index is 865. The topological polar surface area (TPSA) is 92.9 Å². The molecule has 138 valence electrons. The van der Waals surface area contributed by atoms with Gasteiger partial charge in [0.05, 0.1) is 11.4 Å². The number of anilines is 3. The first-order chi connectivity index (χ1) is 12.5. The minimum absolute atomic E-state index is 0.216. The number of fused-ring (bicyclic) bond motifs is 1. The van der Waals surface area contributed by atoms with E-state index in [9.17, 15) is 0 Å². The Morgan fingerprint density at radius 1 is 1.00 bits per heavy atom. The Balaban J connectivity index is 2.05. The Labute approximate surface area is 153 Å². The summed E-state index contributed by atoms with van der Waals surface area (Å²) in [6.07, 6.45) is 2.06. The third-order valence-corrected chi connectivity index (χ3v) is 4.31. The van der Waals surface area contributed by atoms with E-state index in [2.05, 4.69) is 58.7 Å². The fraction of sp³-hybridized carbons (Fsp3) is 0.500. The van der Waals surface area contributed by atoms with E-state index in [0.29, 0.717) is 17.5 Å². The first kappa shape index (κ1) is 18.0. The summed E-state index contributed by atoms with van der Waals surface area (Å²) in [5.74, 6) is 2.49. The van der Waals surface area contributed by atoms with E-state index in [1.807, 2.05) is 25.1 Å². The van der Waals surface area contributed by atoms with E-state index in [1.165, 1.54) is 0 Å². The van der Waals surface area contributed by atoms with Crippen molar-refractivity contribution >= 4 is 23.0 Å². The number of rotatable bonds is 7. The van der Waals surface area contributed by atoms with Crippen LogP contribution in [0, 0.1) is 6.92 Å². The molecule has 0 aliphatic rings. The zero-order valence-corrected chi connectivity index (χ0v) is 16.0. The summed E-state index contributed by atoms with van der Waals surface area (Å²) < 4.78 is 1.80. The summed E-state index contributed by atoms with van der Waals surface area (Å²) in [7, 11) is 0. The van der Waals surface area contributed by atoms with Gasteiger partial charge in [0.2, 0.25) is 5.65 Å². The van der Waals surface area contributed by atoms with Crippen LogP contribution in [0.15, 0.2) is 18.2 Å². The summed E-state index contributed by atoms with van der Waals surface area (Å²) >= 11 is 0. The number of hydrogen-bond acceptors (Lipinski definition) is 7. The molecule has 2 N–H and O–H groups in total. The first-order valence-electron chi connectivity index (χ1n) is 9.12. The third kappa shape index (κ3) is 3.74. The summed E-state index contributed by atoms with van der Waals surface area (Å²) in [5, 5.41) is 28.4. The lowest BCUT2D eigenvalue weighted by Gasteiger charge is -2.17. The first-order valence-corrected chi connectivity index (χ1v) is 9.12. The van der Waals surface area contributed by atoms with Gasteiger partial charge in [-0.1, -0.05) is 27.7 Å². The second-order valence-corrected chi connectivity index (χ2v) is 6.73. The molecule has 0 amide bonds. The molecular weight excluding hydrogens is 328 g/mol. The van der Waals surface area contributed by atoms with Crippen LogP contribution in [0.25, 0.3) is 5.65 Å². The average Bonchev–Trinajstić information content (AvgIpc) is 3.06. The zero-order chi connectivity index (χ0) is 18.7. The van der Waals surface area contributed by atoms with Crippen molar-refractivity contribution in [1.82, 2.24) is 30.0 Å². The molecule has 0 spiro atoms. The molecule has 8 heteroatoms. The van der Waals surface area contributed by atoms with Crippen molar-refractivity contribution in [3.8, 4) is 0 Å². The standard InChI is InChI=1S/C18H26N8/c1-6-13(7-2)19-16-10-14(20-15-9-8-12(5)21-22-15)18-24-23-17(11(3)4)26(18)25-16/h8-11,13H,6-7H2,1-5H3,(H,19,25)(H,20,22). The summed E-state index contributed by atoms with van der Waals surface area (Å²) in [6.45, 7) is 10.4. The second-order valence-electron chi connectivity index (χ2n) is 6.73. The Hall–Kier alpha value is -2.77. The van der Waals surface area contributed by atoms with Gasteiger partial charge in [-0.15, -0.1) is 20.4 Å². The molecule has 0 fully saturated rings. The maximum atomic E-state index is 4.71. The van der Waals surface area contributed by atoms with Gasteiger partial charge in [-0.05, 0) is 31.9 Å². The number of hydrogen-bond donors (Lipinski definition) is 2. The van der Waals surface area contributed by atoms with E-state index in [0.717, 1.165) is 35.9 Å². The van der Waals surface area contributed by atoms with Gasteiger partial charge < -0.3 is 10.6 Å². The Morgan fingerprint density at radius 3 is 2.38 bits per heavy atom. The van der Waals surface area contributed by atoms with Crippen LogP contribution in [0.4, 0.5) is 17.3 Å². The molecule has 3 aromatic rings. The predicted octanol–water partition coefficient (Wildman–Crippen LogP) is 3.69. The average molecular weight is 354 g/mol. The van der Waals surface area contributed by atoms with Crippen LogP contribution in [0.1, 0.15) is 58.0 Å². The fourth-order valence-corrected chi connectivity index (χ4v) is 2.72. The highest BCUT2D eigenvalue weighted by Crippen LogP contribution is 2.25. The normalized spacial score (nSPS) is 11.5. The van der Waals surface area contributed by atoms with Gasteiger partial charge in [-0.2, -0.15) is 9.61 Å². The SMILES string of the molecule is CCC(CC)Nc1cc(Nc2ccc(C)nn2)c2nnc(C(C)C)n2n1. The molecule has 0 aromatic carbocycles. The van der Waals surface area contributed by atoms with E-state index >= 15 is 0 Å². The van der Waals surface area contributed by atoms with Crippen molar-refractivity contribution in [3.05, 3.63) is 29.7 Å². The van der Waals surface area contributed by atoms with Crippen LogP contribution >= 0.6 is 0 Å². The van der Waals surface area contributed by atoms with Gasteiger partial charge in [0.15, 0.2) is 11.6 Å². The lowest BCUT2D eigenvalue weighted by atomic mass is 10.2.